The van der Waals surface area contributed by atoms with Gasteiger partial charge in [0.1, 0.15) is 5.75 Å². The van der Waals surface area contributed by atoms with Crippen molar-refractivity contribution < 1.29 is 18.3 Å². The summed E-state index contributed by atoms with van der Waals surface area (Å²) in [4.78, 5) is 13.8. The number of alkyl halides is 2. The lowest BCUT2D eigenvalue weighted by Crippen LogP contribution is -2.39. The Balaban J connectivity index is 2.30. The molecule has 0 aliphatic rings. The molecule has 0 saturated carbocycles. The molecule has 22 heavy (non-hydrogen) atoms. The van der Waals surface area contributed by atoms with Crippen LogP contribution >= 0.6 is 0 Å². The number of hydrogen-bond acceptors (Lipinski definition) is 3. The summed E-state index contributed by atoms with van der Waals surface area (Å²) in [5.74, 6) is 0.124. The molecular weight excluding hydrogens is 290 g/mol. The first-order chi connectivity index (χ1) is 10.4. The van der Waals surface area contributed by atoms with Crippen LogP contribution in [0.2, 0.25) is 0 Å². The predicted octanol–water partition coefficient (Wildman–Crippen LogP) is 2.68. The molecule has 0 fully saturated rings. The quantitative estimate of drug-likeness (QED) is 0.762. The maximum absolute atomic E-state index is 12.0. The van der Waals surface area contributed by atoms with Crippen molar-refractivity contribution in [2.75, 3.05) is 20.1 Å². The first-order valence-electron chi connectivity index (χ1n) is 7.43. The number of carbonyl (C=O) groups excluding carboxylic acids is 1. The summed E-state index contributed by atoms with van der Waals surface area (Å²) in [6.07, 6.45) is 1.64. The van der Waals surface area contributed by atoms with E-state index in [1.54, 1.807) is 12.1 Å². The second-order valence-electron chi connectivity index (χ2n) is 5.29. The van der Waals surface area contributed by atoms with Gasteiger partial charge < -0.3 is 10.1 Å². The van der Waals surface area contributed by atoms with Gasteiger partial charge in [0.2, 0.25) is 5.91 Å². The lowest BCUT2D eigenvalue weighted by molar-refractivity contribution is -0.122. The number of carbonyl (C=O) groups is 1. The number of amides is 1. The van der Waals surface area contributed by atoms with E-state index >= 15 is 0 Å². The molecule has 0 heterocycles. The first kappa shape index (κ1) is 18.4. The molecule has 1 atom stereocenters. The fraction of sp³-hybridized carbons (Fsp3) is 0.562. The van der Waals surface area contributed by atoms with Crippen molar-refractivity contribution in [1.29, 1.82) is 0 Å². The van der Waals surface area contributed by atoms with Crippen LogP contribution in [-0.4, -0.2) is 43.6 Å². The van der Waals surface area contributed by atoms with Gasteiger partial charge in [-0.15, -0.1) is 0 Å². The number of benzene rings is 1. The molecule has 1 amide bonds. The van der Waals surface area contributed by atoms with E-state index in [9.17, 15) is 13.6 Å². The SMILES string of the molecule is CC[C@H](C)N(C)CC(=O)NCCc1ccc(OC(F)F)cc1. The molecule has 1 N–H and O–H groups in total. The van der Waals surface area contributed by atoms with Crippen LogP contribution in [0.4, 0.5) is 8.78 Å². The molecule has 124 valence electrons. The molecule has 0 aliphatic heterocycles. The van der Waals surface area contributed by atoms with E-state index in [0.29, 0.717) is 25.6 Å². The van der Waals surface area contributed by atoms with Crippen LogP contribution in [-0.2, 0) is 11.2 Å². The topological polar surface area (TPSA) is 41.6 Å². The highest BCUT2D eigenvalue weighted by Crippen LogP contribution is 2.14. The highest BCUT2D eigenvalue weighted by atomic mass is 19.3. The summed E-state index contributed by atoms with van der Waals surface area (Å²) in [5.41, 5.74) is 0.956. The molecule has 1 aromatic carbocycles. The number of rotatable bonds is 9. The molecule has 1 aromatic rings. The maximum atomic E-state index is 12.0. The zero-order chi connectivity index (χ0) is 16.5. The third-order valence-corrected chi connectivity index (χ3v) is 3.62. The summed E-state index contributed by atoms with van der Waals surface area (Å²) in [6, 6.07) is 6.80. The summed E-state index contributed by atoms with van der Waals surface area (Å²) < 4.78 is 28.3. The van der Waals surface area contributed by atoms with Gasteiger partial charge in [-0.2, -0.15) is 8.78 Å². The van der Waals surface area contributed by atoms with E-state index in [1.165, 1.54) is 12.1 Å². The fourth-order valence-corrected chi connectivity index (χ4v) is 1.93. The van der Waals surface area contributed by atoms with Crippen LogP contribution in [0.3, 0.4) is 0 Å². The standard InChI is InChI=1S/C16H24F2N2O2/c1-4-12(2)20(3)11-15(21)19-10-9-13-5-7-14(8-6-13)22-16(17)18/h5-8,12,16H,4,9-11H2,1-3H3,(H,19,21)/t12-/m0/s1. The summed E-state index contributed by atoms with van der Waals surface area (Å²) >= 11 is 0. The van der Waals surface area contributed by atoms with Gasteiger partial charge in [-0.3, -0.25) is 9.69 Å². The average molecular weight is 314 g/mol. The molecule has 6 heteroatoms. The van der Waals surface area contributed by atoms with Gasteiger partial charge >= 0.3 is 6.61 Å². The van der Waals surface area contributed by atoms with Crippen LogP contribution < -0.4 is 10.1 Å². The van der Waals surface area contributed by atoms with Crippen molar-refractivity contribution in [3.63, 3.8) is 0 Å². The van der Waals surface area contributed by atoms with E-state index in [4.69, 9.17) is 0 Å². The minimum absolute atomic E-state index is 0.0135. The Kier molecular flexibility index (Phi) is 7.80. The van der Waals surface area contributed by atoms with E-state index < -0.39 is 6.61 Å². The number of ether oxygens (including phenoxy) is 1. The monoisotopic (exact) mass is 314 g/mol. The fourth-order valence-electron chi connectivity index (χ4n) is 1.93. The largest absolute Gasteiger partial charge is 0.435 e. The third kappa shape index (κ3) is 6.85. The van der Waals surface area contributed by atoms with Crippen LogP contribution in [0.15, 0.2) is 24.3 Å². The van der Waals surface area contributed by atoms with Crippen molar-refractivity contribution >= 4 is 5.91 Å². The van der Waals surface area contributed by atoms with Crippen LogP contribution in [0, 0.1) is 0 Å². The molecule has 0 radical (unpaired) electrons. The zero-order valence-electron chi connectivity index (χ0n) is 13.3. The molecule has 0 spiro atoms. The highest BCUT2D eigenvalue weighted by Gasteiger charge is 2.11. The second-order valence-corrected chi connectivity index (χ2v) is 5.29. The third-order valence-electron chi connectivity index (χ3n) is 3.62. The summed E-state index contributed by atoms with van der Waals surface area (Å²) in [6.45, 7) is 2.24. The minimum atomic E-state index is -2.81. The van der Waals surface area contributed by atoms with Crippen molar-refractivity contribution in [1.82, 2.24) is 10.2 Å². The molecule has 0 aromatic heterocycles. The van der Waals surface area contributed by atoms with Crippen molar-refractivity contribution in [2.24, 2.45) is 0 Å². The van der Waals surface area contributed by atoms with Crippen LogP contribution in [0.5, 0.6) is 5.75 Å². The summed E-state index contributed by atoms with van der Waals surface area (Å²) in [5, 5.41) is 2.86. The maximum Gasteiger partial charge on any atom is 0.387 e. The number of likely N-dealkylation sites (N-methyl/N-ethyl adjacent to an activating group) is 1. The first-order valence-corrected chi connectivity index (χ1v) is 7.43. The molecule has 0 unspecified atom stereocenters. The average Bonchev–Trinajstić information content (AvgIpc) is 2.47. The van der Waals surface area contributed by atoms with Gasteiger partial charge in [-0.05, 0) is 44.5 Å². The Labute approximate surface area is 130 Å². The van der Waals surface area contributed by atoms with Crippen molar-refractivity contribution in [2.45, 2.75) is 39.3 Å². The molecule has 1 rings (SSSR count). The van der Waals surface area contributed by atoms with E-state index in [-0.39, 0.29) is 11.7 Å². The van der Waals surface area contributed by atoms with Crippen molar-refractivity contribution in [3.05, 3.63) is 29.8 Å². The highest BCUT2D eigenvalue weighted by molar-refractivity contribution is 5.78. The minimum Gasteiger partial charge on any atom is -0.435 e. The lowest BCUT2D eigenvalue weighted by atomic mass is 10.1. The summed E-state index contributed by atoms with van der Waals surface area (Å²) in [7, 11) is 1.93. The Bertz CT molecular complexity index is 452. The molecule has 0 saturated heterocycles. The number of hydrogen-bond donors (Lipinski definition) is 1. The number of nitrogens with one attached hydrogen (secondary N) is 1. The Morgan fingerprint density at radius 3 is 2.50 bits per heavy atom. The van der Waals surface area contributed by atoms with Gasteiger partial charge in [-0.25, -0.2) is 0 Å². The molecule has 0 bridgehead atoms. The molecule has 0 aliphatic carbocycles. The zero-order valence-corrected chi connectivity index (χ0v) is 13.3. The Hall–Kier alpha value is -1.69. The van der Waals surface area contributed by atoms with E-state index in [2.05, 4.69) is 23.9 Å². The van der Waals surface area contributed by atoms with Crippen LogP contribution in [0.25, 0.3) is 0 Å². The van der Waals surface area contributed by atoms with E-state index in [1.807, 2.05) is 11.9 Å². The normalized spacial score (nSPS) is 12.5. The smallest absolute Gasteiger partial charge is 0.387 e. The lowest BCUT2D eigenvalue weighted by Gasteiger charge is -2.22. The molecular formula is C16H24F2N2O2. The number of nitrogens with zero attached hydrogens (tertiary/aromatic N) is 1. The Morgan fingerprint density at radius 2 is 1.95 bits per heavy atom. The Morgan fingerprint density at radius 1 is 1.32 bits per heavy atom. The predicted molar refractivity (Wildman–Crippen MR) is 82.2 cm³/mol. The van der Waals surface area contributed by atoms with Gasteiger partial charge in [0.25, 0.3) is 0 Å². The van der Waals surface area contributed by atoms with Gasteiger partial charge in [0.05, 0.1) is 6.54 Å². The van der Waals surface area contributed by atoms with Gasteiger partial charge in [-0.1, -0.05) is 19.1 Å². The van der Waals surface area contributed by atoms with Crippen molar-refractivity contribution in [3.8, 4) is 5.75 Å². The van der Waals surface area contributed by atoms with E-state index in [0.717, 1.165) is 12.0 Å². The van der Waals surface area contributed by atoms with Crippen LogP contribution in [0.1, 0.15) is 25.8 Å². The second kappa shape index (κ2) is 9.35. The molecule has 4 nitrogen and oxygen atoms in total. The van der Waals surface area contributed by atoms with Gasteiger partial charge in [0.15, 0.2) is 0 Å². The van der Waals surface area contributed by atoms with Gasteiger partial charge in [0, 0.05) is 12.6 Å². The number of halogens is 2.